The maximum absolute atomic E-state index is 12.8. The molecular weight excluding hydrogens is 456 g/mol. The van der Waals surface area contributed by atoms with E-state index in [1.165, 1.54) is 5.57 Å². The molecule has 0 amide bonds. The van der Waals surface area contributed by atoms with Crippen LogP contribution in [0.2, 0.25) is 0 Å². The molecule has 3 saturated carbocycles. The van der Waals surface area contributed by atoms with E-state index in [-0.39, 0.29) is 40.9 Å². The average molecular weight is 503 g/mol. The van der Waals surface area contributed by atoms with Crippen LogP contribution >= 0.6 is 0 Å². The van der Waals surface area contributed by atoms with Crippen LogP contribution in [0, 0.1) is 56.7 Å². The number of carboxylic acids is 3. The van der Waals surface area contributed by atoms with E-state index in [2.05, 4.69) is 33.8 Å². The van der Waals surface area contributed by atoms with Gasteiger partial charge in [-0.3, -0.25) is 14.4 Å². The molecule has 0 bridgehead atoms. The Morgan fingerprint density at radius 1 is 0.972 bits per heavy atom. The lowest BCUT2D eigenvalue weighted by molar-refractivity contribution is -0.192. The van der Waals surface area contributed by atoms with Crippen molar-refractivity contribution in [2.75, 3.05) is 0 Å². The third kappa shape index (κ3) is 3.37. The summed E-state index contributed by atoms with van der Waals surface area (Å²) in [5.41, 5.74) is -1.59. The molecule has 0 aliphatic heterocycles. The van der Waals surface area contributed by atoms with Gasteiger partial charge in [0.05, 0.1) is 17.3 Å². The Hall–Kier alpha value is -1.85. The van der Waals surface area contributed by atoms with E-state index < -0.39 is 34.2 Å². The fourth-order valence-corrected chi connectivity index (χ4v) is 10.1. The lowest BCUT2D eigenvalue weighted by atomic mass is 9.34. The summed E-state index contributed by atoms with van der Waals surface area (Å²) in [5, 5.41) is 30.6. The monoisotopic (exact) mass is 502 g/mol. The zero-order valence-electron chi connectivity index (χ0n) is 23.2. The Labute approximate surface area is 215 Å². The van der Waals surface area contributed by atoms with Crippen molar-refractivity contribution in [1.29, 1.82) is 0 Å². The van der Waals surface area contributed by atoms with E-state index in [4.69, 9.17) is 0 Å². The van der Waals surface area contributed by atoms with Gasteiger partial charge >= 0.3 is 17.9 Å². The van der Waals surface area contributed by atoms with Crippen LogP contribution in [0.3, 0.4) is 0 Å². The number of carboxylic acid groups (broad SMARTS) is 3. The largest absolute Gasteiger partial charge is 0.481 e. The molecule has 3 fully saturated rings. The van der Waals surface area contributed by atoms with E-state index in [0.717, 1.165) is 25.7 Å². The van der Waals surface area contributed by atoms with Crippen LogP contribution in [0.1, 0.15) is 99.8 Å². The SMILES string of the molecule is C[C@H]1[C@H](C)CC[C@]2(C(=O)O)CC[C@]3(C)C(=CC[C@@H]4[C@@](C)(CC(=O)O)[C@H](C(C)(C)C(=O)O)CC[C@]43C)[C@H]12. The lowest BCUT2D eigenvalue weighted by Crippen LogP contribution is -2.64. The average Bonchev–Trinajstić information content (AvgIpc) is 2.75. The van der Waals surface area contributed by atoms with Crippen LogP contribution in [-0.4, -0.2) is 33.2 Å². The zero-order chi connectivity index (χ0) is 27.1. The third-order valence-electron chi connectivity index (χ3n) is 12.6. The first-order valence-corrected chi connectivity index (χ1v) is 13.9. The highest BCUT2D eigenvalue weighted by Gasteiger charge is 2.69. The molecule has 0 spiro atoms. The zero-order valence-corrected chi connectivity index (χ0v) is 23.2. The maximum atomic E-state index is 12.8. The van der Waals surface area contributed by atoms with Gasteiger partial charge in [-0.1, -0.05) is 46.3 Å². The van der Waals surface area contributed by atoms with Crippen molar-refractivity contribution in [3.05, 3.63) is 11.6 Å². The van der Waals surface area contributed by atoms with Gasteiger partial charge in [0.1, 0.15) is 0 Å². The normalized spacial score (nSPS) is 46.5. The molecule has 6 heteroatoms. The Balaban J connectivity index is 1.87. The number of hydrogen-bond donors (Lipinski definition) is 3. The quantitative estimate of drug-likeness (QED) is 0.370. The summed E-state index contributed by atoms with van der Waals surface area (Å²) < 4.78 is 0. The van der Waals surface area contributed by atoms with Crippen molar-refractivity contribution in [2.45, 2.75) is 99.8 Å². The maximum Gasteiger partial charge on any atom is 0.310 e. The molecule has 0 saturated heterocycles. The molecule has 0 aromatic carbocycles. The van der Waals surface area contributed by atoms with Gasteiger partial charge in [-0.25, -0.2) is 0 Å². The molecule has 202 valence electrons. The lowest BCUT2D eigenvalue weighted by Gasteiger charge is -2.69. The summed E-state index contributed by atoms with van der Waals surface area (Å²) in [4.78, 5) is 37.3. The fourth-order valence-electron chi connectivity index (χ4n) is 10.1. The highest BCUT2D eigenvalue weighted by Crippen LogP contribution is 2.74. The molecule has 3 N–H and O–H groups in total. The number of aliphatic carboxylic acids is 3. The minimum atomic E-state index is -1.03. The van der Waals surface area contributed by atoms with Crippen LogP contribution in [0.5, 0.6) is 0 Å². The molecule has 0 radical (unpaired) electrons. The molecule has 0 heterocycles. The van der Waals surface area contributed by atoms with Gasteiger partial charge < -0.3 is 15.3 Å². The summed E-state index contributed by atoms with van der Waals surface area (Å²) >= 11 is 0. The first-order chi connectivity index (χ1) is 16.5. The molecular formula is C30H46O6. The van der Waals surface area contributed by atoms with Gasteiger partial charge in [-0.05, 0) is 105 Å². The van der Waals surface area contributed by atoms with Crippen molar-refractivity contribution in [3.8, 4) is 0 Å². The second-order valence-electron chi connectivity index (χ2n) is 14.2. The first kappa shape index (κ1) is 27.2. The standard InChI is InChI=1S/C30H46O6/c1-17-10-13-30(25(35)36)15-14-28(6)19(23(30)18(17)2)8-9-21-27(5,16-22(31)32)20(11-12-29(21,28)7)26(3,4)24(33)34/h8,17-18,20-21,23H,9-16H2,1-7H3,(H,31,32)(H,33,34)(H,35,36)/t17-,18+,20+,21-,23+,27+,28-,29-,30+/m1/s1. The van der Waals surface area contributed by atoms with E-state index in [9.17, 15) is 29.7 Å². The Morgan fingerprint density at radius 2 is 1.61 bits per heavy atom. The van der Waals surface area contributed by atoms with E-state index >= 15 is 0 Å². The summed E-state index contributed by atoms with van der Waals surface area (Å²) in [6.07, 6.45) is 7.52. The van der Waals surface area contributed by atoms with Crippen molar-refractivity contribution in [3.63, 3.8) is 0 Å². The number of carbonyl (C=O) groups is 3. The van der Waals surface area contributed by atoms with Crippen molar-refractivity contribution in [2.24, 2.45) is 56.7 Å². The number of fused-ring (bicyclic) bond motifs is 5. The predicted molar refractivity (Wildman–Crippen MR) is 137 cm³/mol. The molecule has 0 aromatic rings. The van der Waals surface area contributed by atoms with Crippen molar-refractivity contribution in [1.82, 2.24) is 0 Å². The number of hydrogen-bond acceptors (Lipinski definition) is 3. The molecule has 4 aliphatic carbocycles. The number of allylic oxidation sites excluding steroid dienone is 2. The van der Waals surface area contributed by atoms with Crippen LogP contribution < -0.4 is 0 Å². The van der Waals surface area contributed by atoms with Crippen LogP contribution in [0.25, 0.3) is 0 Å². The summed E-state index contributed by atoms with van der Waals surface area (Å²) in [5.74, 6) is -1.94. The minimum Gasteiger partial charge on any atom is -0.481 e. The Kier molecular flexibility index (Phi) is 6.29. The topological polar surface area (TPSA) is 112 Å². The highest BCUT2D eigenvalue weighted by atomic mass is 16.4. The smallest absolute Gasteiger partial charge is 0.310 e. The summed E-state index contributed by atoms with van der Waals surface area (Å²) in [6, 6.07) is 0. The van der Waals surface area contributed by atoms with Crippen molar-refractivity contribution >= 4 is 17.9 Å². The highest BCUT2D eigenvalue weighted by molar-refractivity contribution is 5.77. The van der Waals surface area contributed by atoms with Crippen molar-refractivity contribution < 1.29 is 29.7 Å². The Morgan fingerprint density at radius 3 is 2.17 bits per heavy atom. The van der Waals surface area contributed by atoms with Crippen LogP contribution in [0.15, 0.2) is 11.6 Å². The van der Waals surface area contributed by atoms with E-state index in [0.29, 0.717) is 25.2 Å². The van der Waals surface area contributed by atoms with Gasteiger partial charge in [0.2, 0.25) is 0 Å². The molecule has 6 nitrogen and oxygen atoms in total. The van der Waals surface area contributed by atoms with E-state index in [1.54, 1.807) is 13.8 Å². The molecule has 36 heavy (non-hydrogen) atoms. The molecule has 4 rings (SSSR count). The minimum absolute atomic E-state index is 0.00538. The van der Waals surface area contributed by atoms with E-state index in [1.807, 2.05) is 6.92 Å². The predicted octanol–water partition coefficient (Wildman–Crippen LogP) is 6.49. The first-order valence-electron chi connectivity index (χ1n) is 13.9. The molecule has 0 unspecified atom stereocenters. The van der Waals surface area contributed by atoms with Gasteiger partial charge in [-0.2, -0.15) is 0 Å². The summed E-state index contributed by atoms with van der Waals surface area (Å²) in [7, 11) is 0. The van der Waals surface area contributed by atoms with Gasteiger partial charge in [-0.15, -0.1) is 0 Å². The van der Waals surface area contributed by atoms with Crippen LogP contribution in [-0.2, 0) is 14.4 Å². The third-order valence-corrected chi connectivity index (χ3v) is 12.6. The van der Waals surface area contributed by atoms with Gasteiger partial charge in [0.15, 0.2) is 0 Å². The summed E-state index contributed by atoms with van der Waals surface area (Å²) in [6.45, 7) is 14.6. The molecule has 0 aromatic heterocycles. The Bertz CT molecular complexity index is 997. The molecule has 9 atom stereocenters. The fraction of sp³-hybridized carbons (Fsp3) is 0.833. The van der Waals surface area contributed by atoms with Gasteiger partial charge in [0, 0.05) is 0 Å². The number of rotatable bonds is 5. The second kappa shape index (κ2) is 8.33. The second-order valence-corrected chi connectivity index (χ2v) is 14.2. The van der Waals surface area contributed by atoms with Crippen LogP contribution in [0.4, 0.5) is 0 Å². The van der Waals surface area contributed by atoms with Gasteiger partial charge in [0.25, 0.3) is 0 Å². The molecule has 4 aliphatic rings.